The molecule has 0 aliphatic rings. The lowest BCUT2D eigenvalue weighted by atomic mass is 9.87. The molecule has 0 bridgehead atoms. The molecule has 8 rings (SSSR count). The molecule has 0 nitrogen and oxygen atoms in total. The summed E-state index contributed by atoms with van der Waals surface area (Å²) in [5.41, 5.74) is 5.11. The van der Waals surface area contributed by atoms with Crippen LogP contribution >= 0.6 is 0 Å². The first-order valence-corrected chi connectivity index (χ1v) is 12.5. The Hall–Kier alpha value is -4.68. The minimum atomic E-state index is 1.26. The van der Waals surface area contributed by atoms with E-state index in [1.165, 1.54) is 76.1 Å². The zero-order valence-corrected chi connectivity index (χ0v) is 19.7. The lowest BCUT2D eigenvalue weighted by molar-refractivity contribution is 1.66. The highest BCUT2D eigenvalue weighted by Gasteiger charge is 2.15. The summed E-state index contributed by atoms with van der Waals surface area (Å²) in [6, 6.07) is 49.1. The van der Waals surface area contributed by atoms with Gasteiger partial charge in [-0.15, -0.1) is 0 Å². The van der Waals surface area contributed by atoms with Gasteiger partial charge in [-0.25, -0.2) is 0 Å². The fraction of sp³-hybridized carbons (Fsp3) is 0. The summed E-state index contributed by atoms with van der Waals surface area (Å²) in [7, 11) is 0. The summed E-state index contributed by atoms with van der Waals surface area (Å²) in [4.78, 5) is 0. The molecule has 0 radical (unpaired) electrons. The molecule has 0 spiro atoms. The van der Waals surface area contributed by atoms with Gasteiger partial charge in [0.15, 0.2) is 0 Å². The summed E-state index contributed by atoms with van der Waals surface area (Å²) in [5, 5.41) is 13.1. The Morgan fingerprint density at radius 2 is 0.806 bits per heavy atom. The van der Waals surface area contributed by atoms with Gasteiger partial charge in [0.25, 0.3) is 0 Å². The predicted octanol–water partition coefficient (Wildman–Crippen LogP) is 10.2. The monoisotopic (exact) mass is 454 g/mol. The molecule has 0 fully saturated rings. The van der Waals surface area contributed by atoms with Crippen LogP contribution in [0.1, 0.15) is 0 Å². The molecule has 0 N–H and O–H groups in total. The van der Waals surface area contributed by atoms with Crippen LogP contribution in [0, 0.1) is 0 Å². The van der Waals surface area contributed by atoms with Crippen LogP contribution in [0.4, 0.5) is 0 Å². The van der Waals surface area contributed by atoms with Crippen molar-refractivity contribution in [3.63, 3.8) is 0 Å². The fourth-order valence-electron chi connectivity index (χ4n) is 6.10. The van der Waals surface area contributed by atoms with Gasteiger partial charge >= 0.3 is 0 Å². The Balaban J connectivity index is 1.41. The van der Waals surface area contributed by atoms with Crippen molar-refractivity contribution >= 4 is 53.9 Å². The second-order valence-corrected chi connectivity index (χ2v) is 9.74. The topological polar surface area (TPSA) is 0 Å². The maximum Gasteiger partial charge on any atom is -0.00203 e. The molecule has 0 saturated heterocycles. The lowest BCUT2D eigenvalue weighted by Crippen LogP contribution is -1.89. The highest BCUT2D eigenvalue weighted by atomic mass is 14.2. The second kappa shape index (κ2) is 7.41. The van der Waals surface area contributed by atoms with E-state index in [0.717, 1.165) is 0 Å². The van der Waals surface area contributed by atoms with Crippen LogP contribution in [0.3, 0.4) is 0 Å². The van der Waals surface area contributed by atoms with Crippen LogP contribution in [0.25, 0.3) is 76.1 Å². The number of benzene rings is 8. The normalized spacial score (nSPS) is 11.9. The summed E-state index contributed by atoms with van der Waals surface area (Å²) in [5.74, 6) is 0. The van der Waals surface area contributed by atoms with Crippen LogP contribution in [-0.2, 0) is 0 Å². The third kappa shape index (κ3) is 2.76. The van der Waals surface area contributed by atoms with Crippen molar-refractivity contribution in [3.05, 3.63) is 133 Å². The molecule has 0 unspecified atom stereocenters. The molecule has 0 amide bonds. The van der Waals surface area contributed by atoms with E-state index in [4.69, 9.17) is 0 Å². The third-order valence-electron chi connectivity index (χ3n) is 7.81. The molecule has 0 saturated carbocycles. The number of fused-ring (bicyclic) bond motifs is 3. The Morgan fingerprint density at radius 1 is 0.278 bits per heavy atom. The predicted molar refractivity (Wildman–Crippen MR) is 156 cm³/mol. The number of hydrogen-bond donors (Lipinski definition) is 0. The molecule has 0 heterocycles. The molecule has 36 heavy (non-hydrogen) atoms. The zero-order valence-electron chi connectivity index (χ0n) is 19.7. The van der Waals surface area contributed by atoms with Gasteiger partial charge in [0.05, 0.1) is 0 Å². The second-order valence-electron chi connectivity index (χ2n) is 9.74. The lowest BCUT2D eigenvalue weighted by Gasteiger charge is -2.17. The molecule has 0 aromatic heterocycles. The van der Waals surface area contributed by atoms with E-state index in [2.05, 4.69) is 133 Å². The largest absolute Gasteiger partial charge is 0.0622 e. The van der Waals surface area contributed by atoms with Crippen LogP contribution < -0.4 is 0 Å². The first-order chi connectivity index (χ1) is 17.8. The summed E-state index contributed by atoms with van der Waals surface area (Å²) < 4.78 is 0. The minimum Gasteiger partial charge on any atom is -0.0622 e. The van der Waals surface area contributed by atoms with Crippen molar-refractivity contribution in [2.45, 2.75) is 0 Å². The van der Waals surface area contributed by atoms with E-state index >= 15 is 0 Å². The molecule has 8 aromatic rings. The van der Waals surface area contributed by atoms with Gasteiger partial charge in [-0.1, -0.05) is 127 Å². The van der Waals surface area contributed by atoms with E-state index in [1.54, 1.807) is 0 Å². The van der Waals surface area contributed by atoms with Gasteiger partial charge < -0.3 is 0 Å². The van der Waals surface area contributed by atoms with Gasteiger partial charge in [0.2, 0.25) is 0 Å². The summed E-state index contributed by atoms with van der Waals surface area (Å²) >= 11 is 0. The van der Waals surface area contributed by atoms with Crippen molar-refractivity contribution in [3.8, 4) is 22.3 Å². The van der Waals surface area contributed by atoms with Crippen LogP contribution in [0.2, 0.25) is 0 Å². The van der Waals surface area contributed by atoms with Crippen LogP contribution in [-0.4, -0.2) is 0 Å². The first kappa shape index (κ1) is 19.6. The van der Waals surface area contributed by atoms with Crippen molar-refractivity contribution in [2.24, 2.45) is 0 Å². The molecule has 0 aliphatic heterocycles. The maximum absolute atomic E-state index is 2.35. The maximum atomic E-state index is 2.35. The van der Waals surface area contributed by atoms with Gasteiger partial charge in [0, 0.05) is 0 Å². The highest BCUT2D eigenvalue weighted by molar-refractivity contribution is 6.27. The zero-order chi connectivity index (χ0) is 23.6. The molecule has 166 valence electrons. The molecule has 0 heteroatoms. The number of hydrogen-bond acceptors (Lipinski definition) is 0. The Bertz CT molecular complexity index is 2080. The van der Waals surface area contributed by atoms with Gasteiger partial charge in [-0.2, -0.15) is 0 Å². The Kier molecular flexibility index (Phi) is 4.03. The molecular formula is C36H22. The number of rotatable bonds is 2. The van der Waals surface area contributed by atoms with Crippen molar-refractivity contribution in [1.82, 2.24) is 0 Å². The third-order valence-corrected chi connectivity index (χ3v) is 7.81. The standard InChI is InChI=1S/C36H22/c1-2-6-23(7-3-1)30-17-12-25-15-21-34-32(18-13-26-14-20-33(30)35(25)36(26)34)28-16-19-31-27(22-28)11-10-24-8-4-5-9-29(24)31/h1-22H. The van der Waals surface area contributed by atoms with Crippen molar-refractivity contribution in [2.75, 3.05) is 0 Å². The Labute approximate surface area is 209 Å². The van der Waals surface area contributed by atoms with Gasteiger partial charge in [-0.3, -0.25) is 0 Å². The van der Waals surface area contributed by atoms with Crippen molar-refractivity contribution in [1.29, 1.82) is 0 Å². The smallest absolute Gasteiger partial charge is 0.00203 e. The molecule has 0 aliphatic carbocycles. The van der Waals surface area contributed by atoms with Gasteiger partial charge in [-0.05, 0) is 82.2 Å². The first-order valence-electron chi connectivity index (χ1n) is 12.5. The highest BCUT2D eigenvalue weighted by Crippen LogP contribution is 2.42. The van der Waals surface area contributed by atoms with E-state index in [-0.39, 0.29) is 0 Å². The SMILES string of the molecule is c1ccc(-c2ccc3ccc4c(-c5ccc6c(ccc7ccccc76)c5)ccc5ccc2c3c54)cc1. The van der Waals surface area contributed by atoms with E-state index in [9.17, 15) is 0 Å². The quantitative estimate of drug-likeness (QED) is 0.228. The Morgan fingerprint density at radius 3 is 1.56 bits per heavy atom. The summed E-state index contributed by atoms with van der Waals surface area (Å²) in [6.07, 6.45) is 0. The van der Waals surface area contributed by atoms with Crippen LogP contribution in [0.5, 0.6) is 0 Å². The van der Waals surface area contributed by atoms with Crippen molar-refractivity contribution < 1.29 is 0 Å². The van der Waals surface area contributed by atoms with E-state index in [0.29, 0.717) is 0 Å². The van der Waals surface area contributed by atoms with E-state index < -0.39 is 0 Å². The fourth-order valence-corrected chi connectivity index (χ4v) is 6.10. The van der Waals surface area contributed by atoms with E-state index in [1.807, 2.05) is 0 Å². The average molecular weight is 455 g/mol. The molecule has 0 atom stereocenters. The molecule has 8 aromatic carbocycles. The summed E-state index contributed by atoms with van der Waals surface area (Å²) in [6.45, 7) is 0. The van der Waals surface area contributed by atoms with Gasteiger partial charge in [0.1, 0.15) is 0 Å². The minimum absolute atomic E-state index is 1.26. The average Bonchev–Trinajstić information content (AvgIpc) is 2.95. The van der Waals surface area contributed by atoms with Crippen LogP contribution in [0.15, 0.2) is 133 Å². The molecular weight excluding hydrogens is 432 g/mol.